The molecule has 6 heteroatoms. The molecule has 20 heavy (non-hydrogen) atoms. The fourth-order valence-corrected chi connectivity index (χ4v) is 2.34. The number of benzene rings is 2. The Balaban J connectivity index is 2.18. The predicted octanol–water partition coefficient (Wildman–Crippen LogP) is 5.18. The third kappa shape index (κ3) is 3.67. The first-order valence-corrected chi connectivity index (χ1v) is 6.94. The average Bonchev–Trinajstić information content (AvgIpc) is 2.36. The summed E-state index contributed by atoms with van der Waals surface area (Å²) in [7, 11) is 0. The van der Waals surface area contributed by atoms with E-state index in [0.29, 0.717) is 15.6 Å². The number of hydrogen-bond acceptors (Lipinski definition) is 1. The monoisotopic (exact) mass is 364 g/mol. The Morgan fingerprint density at radius 2 is 1.60 bits per heavy atom. The second-order valence-electron chi connectivity index (χ2n) is 4.09. The van der Waals surface area contributed by atoms with E-state index >= 15 is 0 Å². The largest absolute Gasteiger partial charge is 0.483 e. The Kier molecular flexibility index (Phi) is 4.94. The van der Waals surface area contributed by atoms with E-state index in [1.165, 1.54) is 12.1 Å². The summed E-state index contributed by atoms with van der Waals surface area (Å²) in [5, 5.41) is 0. The van der Waals surface area contributed by atoms with Crippen LogP contribution in [0, 0.1) is 17.5 Å². The number of hydrogen-bond donors (Lipinski definition) is 0. The van der Waals surface area contributed by atoms with Crippen LogP contribution >= 0.6 is 27.5 Å². The van der Waals surface area contributed by atoms with Crippen LogP contribution in [-0.2, 0) is 12.5 Å². The molecule has 0 aliphatic heterocycles. The smallest absolute Gasteiger partial charge is 0.191 e. The summed E-state index contributed by atoms with van der Waals surface area (Å²) in [6.45, 7) is -0.148. The summed E-state index contributed by atoms with van der Waals surface area (Å²) in [6, 6.07) is 6.32. The van der Waals surface area contributed by atoms with E-state index in [-0.39, 0.29) is 12.5 Å². The quantitative estimate of drug-likeness (QED) is 0.678. The maximum atomic E-state index is 13.7. The van der Waals surface area contributed by atoms with E-state index in [4.69, 9.17) is 16.3 Å². The highest BCUT2D eigenvalue weighted by molar-refractivity contribution is 9.10. The van der Waals surface area contributed by atoms with Gasteiger partial charge in [-0.1, -0.05) is 15.9 Å². The molecular weight excluding hydrogens is 357 g/mol. The highest BCUT2D eigenvalue weighted by Gasteiger charge is 2.13. The van der Waals surface area contributed by atoms with Crippen molar-refractivity contribution in [2.75, 3.05) is 0 Å². The van der Waals surface area contributed by atoms with E-state index in [9.17, 15) is 13.2 Å². The molecule has 0 aliphatic carbocycles. The lowest BCUT2D eigenvalue weighted by atomic mass is 10.2. The van der Waals surface area contributed by atoms with Crippen LogP contribution in [0.15, 0.2) is 34.8 Å². The molecule has 0 aliphatic rings. The average molecular weight is 366 g/mol. The minimum atomic E-state index is -0.837. The topological polar surface area (TPSA) is 9.23 Å². The fourth-order valence-electron chi connectivity index (χ4n) is 1.68. The number of rotatable bonds is 4. The SMILES string of the molecule is Fc1cc(Br)cc(COc2c(F)cc(CCl)cc2F)c1. The van der Waals surface area contributed by atoms with Crippen LogP contribution in [0.4, 0.5) is 13.2 Å². The standard InChI is InChI=1S/C14H9BrClF3O/c15-10-1-9(2-11(17)5-10)7-20-14-12(18)3-8(6-16)4-13(14)19/h1-5H,6-7H2. The minimum absolute atomic E-state index is 0.00492. The molecule has 106 valence electrons. The van der Waals surface area contributed by atoms with E-state index < -0.39 is 23.2 Å². The normalized spacial score (nSPS) is 10.7. The highest BCUT2D eigenvalue weighted by Crippen LogP contribution is 2.25. The lowest BCUT2D eigenvalue weighted by Gasteiger charge is -2.10. The summed E-state index contributed by atoms with van der Waals surface area (Å²) in [5.74, 6) is -2.63. The molecule has 0 heterocycles. The predicted molar refractivity (Wildman–Crippen MR) is 74.3 cm³/mol. The van der Waals surface area contributed by atoms with Gasteiger partial charge in [-0.05, 0) is 41.5 Å². The van der Waals surface area contributed by atoms with Gasteiger partial charge in [0.25, 0.3) is 0 Å². The van der Waals surface area contributed by atoms with Crippen LogP contribution in [-0.4, -0.2) is 0 Å². The molecule has 2 aromatic rings. The highest BCUT2D eigenvalue weighted by atomic mass is 79.9. The molecule has 0 bridgehead atoms. The van der Waals surface area contributed by atoms with E-state index in [2.05, 4.69) is 15.9 Å². The number of ether oxygens (including phenoxy) is 1. The van der Waals surface area contributed by atoms with Crippen molar-refractivity contribution in [1.82, 2.24) is 0 Å². The zero-order valence-electron chi connectivity index (χ0n) is 10.1. The first kappa shape index (κ1) is 15.2. The van der Waals surface area contributed by atoms with Crippen LogP contribution < -0.4 is 4.74 Å². The Hall–Kier alpha value is -1.20. The zero-order valence-corrected chi connectivity index (χ0v) is 12.4. The number of alkyl halides is 1. The molecule has 0 amide bonds. The van der Waals surface area contributed by atoms with Gasteiger partial charge in [-0.25, -0.2) is 13.2 Å². The summed E-state index contributed by atoms with van der Waals surface area (Å²) in [5.41, 5.74) is 0.777. The molecule has 2 aromatic carbocycles. The van der Waals surface area contributed by atoms with Crippen LogP contribution in [0.5, 0.6) is 5.75 Å². The lowest BCUT2D eigenvalue weighted by molar-refractivity contribution is 0.273. The van der Waals surface area contributed by atoms with Crippen molar-refractivity contribution in [2.45, 2.75) is 12.5 Å². The van der Waals surface area contributed by atoms with Gasteiger partial charge in [0.05, 0.1) is 0 Å². The molecule has 0 atom stereocenters. The molecular formula is C14H9BrClF3O. The van der Waals surface area contributed by atoms with Gasteiger partial charge in [0.15, 0.2) is 17.4 Å². The Morgan fingerprint density at radius 1 is 0.950 bits per heavy atom. The molecule has 0 spiro atoms. The molecule has 0 unspecified atom stereocenters. The van der Waals surface area contributed by atoms with Crippen molar-refractivity contribution < 1.29 is 17.9 Å². The summed E-state index contributed by atoms with van der Waals surface area (Å²) >= 11 is 8.64. The van der Waals surface area contributed by atoms with Crippen LogP contribution in [0.1, 0.15) is 11.1 Å². The maximum absolute atomic E-state index is 13.7. The Bertz CT molecular complexity index is 591. The van der Waals surface area contributed by atoms with Gasteiger partial charge in [0.1, 0.15) is 12.4 Å². The van der Waals surface area contributed by atoms with Crippen LogP contribution in [0.3, 0.4) is 0 Å². The van der Waals surface area contributed by atoms with Gasteiger partial charge < -0.3 is 4.74 Å². The minimum Gasteiger partial charge on any atom is -0.483 e. The van der Waals surface area contributed by atoms with Gasteiger partial charge in [0, 0.05) is 10.4 Å². The summed E-state index contributed by atoms with van der Waals surface area (Å²) in [4.78, 5) is 0. The van der Waals surface area contributed by atoms with Gasteiger partial charge in [0.2, 0.25) is 0 Å². The van der Waals surface area contributed by atoms with Gasteiger partial charge in [-0.15, -0.1) is 11.6 Å². The summed E-state index contributed by atoms with van der Waals surface area (Å²) in [6.07, 6.45) is 0. The Morgan fingerprint density at radius 3 is 2.15 bits per heavy atom. The molecule has 0 fully saturated rings. The second kappa shape index (κ2) is 6.50. The molecule has 0 saturated heterocycles. The Labute approximate surface area is 127 Å². The molecule has 1 nitrogen and oxygen atoms in total. The van der Waals surface area contributed by atoms with Crippen molar-refractivity contribution in [2.24, 2.45) is 0 Å². The molecule has 0 radical (unpaired) electrons. The van der Waals surface area contributed by atoms with E-state index in [1.807, 2.05) is 0 Å². The second-order valence-corrected chi connectivity index (χ2v) is 5.27. The van der Waals surface area contributed by atoms with Crippen molar-refractivity contribution in [3.63, 3.8) is 0 Å². The molecule has 2 rings (SSSR count). The van der Waals surface area contributed by atoms with Crippen LogP contribution in [0.2, 0.25) is 0 Å². The summed E-state index contributed by atoms with van der Waals surface area (Å²) < 4.78 is 46.1. The van der Waals surface area contributed by atoms with Crippen molar-refractivity contribution in [1.29, 1.82) is 0 Å². The van der Waals surface area contributed by atoms with E-state index in [1.54, 1.807) is 6.07 Å². The molecule has 0 aromatic heterocycles. The first-order valence-electron chi connectivity index (χ1n) is 5.61. The van der Waals surface area contributed by atoms with Crippen molar-refractivity contribution in [3.05, 3.63) is 63.4 Å². The van der Waals surface area contributed by atoms with Crippen molar-refractivity contribution >= 4 is 27.5 Å². The first-order chi connectivity index (χ1) is 9.49. The third-order valence-electron chi connectivity index (χ3n) is 2.52. The zero-order chi connectivity index (χ0) is 14.7. The third-order valence-corrected chi connectivity index (χ3v) is 3.28. The van der Waals surface area contributed by atoms with Gasteiger partial charge in [-0.2, -0.15) is 0 Å². The van der Waals surface area contributed by atoms with Crippen LogP contribution in [0.25, 0.3) is 0 Å². The molecule has 0 saturated carbocycles. The molecule has 0 N–H and O–H groups in total. The van der Waals surface area contributed by atoms with Gasteiger partial charge >= 0.3 is 0 Å². The number of halogens is 5. The van der Waals surface area contributed by atoms with E-state index in [0.717, 1.165) is 12.1 Å². The lowest BCUT2D eigenvalue weighted by Crippen LogP contribution is -2.01. The maximum Gasteiger partial charge on any atom is 0.191 e. The van der Waals surface area contributed by atoms with Gasteiger partial charge in [-0.3, -0.25) is 0 Å². The van der Waals surface area contributed by atoms with Crippen molar-refractivity contribution in [3.8, 4) is 5.75 Å². The fraction of sp³-hybridized carbons (Fsp3) is 0.143.